The van der Waals surface area contributed by atoms with Crippen LogP contribution in [0.25, 0.3) is 83.6 Å². The van der Waals surface area contributed by atoms with Crippen LogP contribution in [0.4, 0.5) is 0 Å². The van der Waals surface area contributed by atoms with Crippen LogP contribution in [0.2, 0.25) is 0 Å². The summed E-state index contributed by atoms with van der Waals surface area (Å²) < 4.78 is 2.27. The molecule has 2 aliphatic carbocycles. The first kappa shape index (κ1) is 27.4. The number of nitrogens with zero attached hydrogens (tertiary/aromatic N) is 3. The van der Waals surface area contributed by atoms with Gasteiger partial charge in [-0.25, -0.2) is 9.97 Å². The van der Waals surface area contributed by atoms with E-state index in [9.17, 15) is 0 Å². The highest BCUT2D eigenvalue weighted by Gasteiger charge is 2.39. The predicted molar refractivity (Wildman–Crippen MR) is 204 cm³/mol. The Balaban J connectivity index is 1.15. The molecular weight excluding hydrogens is 607 g/mol. The number of hydrogen-bond acceptors (Lipinski definition) is 2. The van der Waals surface area contributed by atoms with Crippen LogP contribution in [0.1, 0.15) is 22.6 Å². The quantitative estimate of drug-likeness (QED) is 0.193. The van der Waals surface area contributed by atoms with Gasteiger partial charge >= 0.3 is 0 Å². The SMILES string of the molecule is c1ccc(-c2ccc(-c3cc(-c4ccccc4)nc(-n4c5ccccc5c5cc6c(cc54)-c4cccc5c4C6c4ccccc4-5)n3)cc2)cc1. The van der Waals surface area contributed by atoms with Crippen molar-refractivity contribution in [1.29, 1.82) is 0 Å². The van der Waals surface area contributed by atoms with E-state index in [2.05, 4.69) is 168 Å². The molecule has 2 aliphatic rings. The first-order chi connectivity index (χ1) is 24.8. The minimum Gasteiger partial charge on any atom is -0.278 e. The first-order valence-corrected chi connectivity index (χ1v) is 17.2. The third-order valence-corrected chi connectivity index (χ3v) is 10.7. The minimum atomic E-state index is 0.252. The van der Waals surface area contributed by atoms with Crippen LogP contribution in [0, 0.1) is 0 Å². The Kier molecular flexibility index (Phi) is 5.73. The molecule has 0 saturated heterocycles. The molecule has 1 atom stereocenters. The van der Waals surface area contributed by atoms with Crippen molar-refractivity contribution >= 4 is 21.8 Å². The van der Waals surface area contributed by atoms with Crippen molar-refractivity contribution in [3.05, 3.63) is 187 Å². The maximum atomic E-state index is 5.33. The van der Waals surface area contributed by atoms with Gasteiger partial charge in [0.25, 0.3) is 0 Å². The molecule has 2 aromatic heterocycles. The molecule has 7 aromatic carbocycles. The average molecular weight is 636 g/mol. The summed E-state index contributed by atoms with van der Waals surface area (Å²) in [5, 5.41) is 2.43. The second-order valence-electron chi connectivity index (χ2n) is 13.3. The predicted octanol–water partition coefficient (Wildman–Crippen LogP) is 11.7. The van der Waals surface area contributed by atoms with Crippen molar-refractivity contribution in [2.45, 2.75) is 5.92 Å². The standard InChI is InChI=1S/C47H29N3/c1-3-12-29(13-4-1)30-22-24-32(25-23-30)42-28-41(31-14-5-2-6-15-31)48-47(49-42)50-43-21-10-9-17-34(43)39-26-40-38(27-44(39)50)37-20-11-19-36-33-16-7-8-18-35(33)46(40)45(36)37/h1-28,46H. The van der Waals surface area contributed by atoms with Crippen LogP contribution in [0.3, 0.4) is 0 Å². The molecule has 3 nitrogen and oxygen atoms in total. The zero-order valence-electron chi connectivity index (χ0n) is 27.1. The maximum absolute atomic E-state index is 5.33. The Morgan fingerprint density at radius 1 is 0.380 bits per heavy atom. The van der Waals surface area contributed by atoms with E-state index in [-0.39, 0.29) is 5.92 Å². The van der Waals surface area contributed by atoms with Crippen molar-refractivity contribution in [1.82, 2.24) is 14.5 Å². The fourth-order valence-electron chi connectivity index (χ4n) is 8.44. The minimum absolute atomic E-state index is 0.252. The summed E-state index contributed by atoms with van der Waals surface area (Å²) >= 11 is 0. The van der Waals surface area contributed by atoms with E-state index in [1.807, 2.05) is 6.07 Å². The normalized spacial score (nSPS) is 13.8. The summed E-state index contributed by atoms with van der Waals surface area (Å²) in [6.45, 7) is 0. The van der Waals surface area contributed by atoms with E-state index in [1.165, 1.54) is 60.8 Å². The summed E-state index contributed by atoms with van der Waals surface area (Å²) in [7, 11) is 0. The van der Waals surface area contributed by atoms with Gasteiger partial charge in [0.05, 0.1) is 22.4 Å². The molecule has 0 N–H and O–H groups in total. The van der Waals surface area contributed by atoms with Gasteiger partial charge < -0.3 is 0 Å². The molecule has 0 spiro atoms. The Bertz CT molecular complexity index is 2790. The van der Waals surface area contributed by atoms with Gasteiger partial charge in [0.1, 0.15) is 0 Å². The van der Waals surface area contributed by atoms with Crippen LogP contribution in [0.15, 0.2) is 170 Å². The molecule has 2 heterocycles. The largest absolute Gasteiger partial charge is 0.278 e. The summed E-state index contributed by atoms with van der Waals surface area (Å²) in [5.41, 5.74) is 18.1. The van der Waals surface area contributed by atoms with Gasteiger partial charge in [0.15, 0.2) is 0 Å². The third-order valence-electron chi connectivity index (χ3n) is 10.7. The number of rotatable bonds is 4. The highest BCUT2D eigenvalue weighted by atomic mass is 15.2. The molecule has 50 heavy (non-hydrogen) atoms. The van der Waals surface area contributed by atoms with Gasteiger partial charge in [-0.1, -0.05) is 146 Å². The van der Waals surface area contributed by atoms with Crippen LogP contribution in [0.5, 0.6) is 0 Å². The van der Waals surface area contributed by atoms with Gasteiger partial charge in [0, 0.05) is 27.8 Å². The molecule has 0 saturated carbocycles. The maximum Gasteiger partial charge on any atom is 0.235 e. The fourth-order valence-corrected chi connectivity index (χ4v) is 8.44. The van der Waals surface area contributed by atoms with Crippen molar-refractivity contribution in [3.8, 4) is 61.8 Å². The van der Waals surface area contributed by atoms with E-state index in [0.717, 1.165) is 33.5 Å². The number of benzene rings is 7. The molecule has 11 rings (SSSR count). The van der Waals surface area contributed by atoms with Gasteiger partial charge in [-0.15, -0.1) is 0 Å². The van der Waals surface area contributed by atoms with E-state index in [1.54, 1.807) is 0 Å². The lowest BCUT2D eigenvalue weighted by Gasteiger charge is -2.13. The Morgan fingerprint density at radius 2 is 0.960 bits per heavy atom. The second kappa shape index (κ2) is 10.5. The number of hydrogen-bond donors (Lipinski definition) is 0. The molecular formula is C47H29N3. The summed E-state index contributed by atoms with van der Waals surface area (Å²) in [4.78, 5) is 10.6. The topological polar surface area (TPSA) is 30.7 Å². The number of fused-ring (bicyclic) bond motifs is 9. The smallest absolute Gasteiger partial charge is 0.235 e. The molecule has 0 amide bonds. The molecule has 0 bridgehead atoms. The lowest BCUT2D eigenvalue weighted by Crippen LogP contribution is -2.04. The molecule has 1 unspecified atom stereocenters. The summed E-state index contributed by atoms with van der Waals surface area (Å²) in [6.07, 6.45) is 0. The van der Waals surface area contributed by atoms with Gasteiger partial charge in [-0.2, -0.15) is 0 Å². The zero-order valence-corrected chi connectivity index (χ0v) is 27.1. The average Bonchev–Trinajstić information content (AvgIpc) is 3.82. The molecule has 3 heteroatoms. The van der Waals surface area contributed by atoms with E-state index in [4.69, 9.17) is 9.97 Å². The third kappa shape index (κ3) is 3.92. The lowest BCUT2D eigenvalue weighted by molar-refractivity contribution is 0.995. The van der Waals surface area contributed by atoms with Crippen LogP contribution in [-0.2, 0) is 0 Å². The highest BCUT2D eigenvalue weighted by molar-refractivity contribution is 6.12. The summed E-state index contributed by atoms with van der Waals surface area (Å²) in [5.74, 6) is 0.919. The first-order valence-electron chi connectivity index (χ1n) is 17.2. The Morgan fingerprint density at radius 3 is 1.74 bits per heavy atom. The number of aromatic nitrogens is 3. The molecule has 0 fully saturated rings. The van der Waals surface area contributed by atoms with E-state index < -0.39 is 0 Å². The van der Waals surface area contributed by atoms with Crippen LogP contribution < -0.4 is 0 Å². The van der Waals surface area contributed by atoms with Gasteiger partial charge in [-0.3, -0.25) is 4.57 Å². The van der Waals surface area contributed by atoms with Crippen LogP contribution in [-0.4, -0.2) is 14.5 Å². The molecule has 232 valence electrons. The molecule has 0 radical (unpaired) electrons. The van der Waals surface area contributed by atoms with Crippen molar-refractivity contribution < 1.29 is 0 Å². The fraction of sp³-hybridized carbons (Fsp3) is 0.0213. The zero-order chi connectivity index (χ0) is 32.8. The lowest BCUT2D eigenvalue weighted by atomic mass is 9.92. The van der Waals surface area contributed by atoms with E-state index in [0.29, 0.717) is 5.95 Å². The Labute approximate surface area is 289 Å². The highest BCUT2D eigenvalue weighted by Crippen LogP contribution is 2.58. The monoisotopic (exact) mass is 635 g/mol. The number of para-hydroxylation sites is 1. The van der Waals surface area contributed by atoms with E-state index >= 15 is 0 Å². The van der Waals surface area contributed by atoms with Crippen molar-refractivity contribution in [3.63, 3.8) is 0 Å². The van der Waals surface area contributed by atoms with Gasteiger partial charge in [0.2, 0.25) is 5.95 Å². The van der Waals surface area contributed by atoms with Crippen molar-refractivity contribution in [2.24, 2.45) is 0 Å². The molecule has 9 aromatic rings. The van der Waals surface area contributed by atoms with Crippen LogP contribution >= 0.6 is 0 Å². The summed E-state index contributed by atoms with van der Waals surface area (Å²) in [6, 6.07) is 61.0. The molecule has 0 aliphatic heterocycles. The van der Waals surface area contributed by atoms with Gasteiger partial charge in [-0.05, 0) is 74.3 Å². The Hall–Kier alpha value is -6.58. The van der Waals surface area contributed by atoms with Crippen molar-refractivity contribution in [2.75, 3.05) is 0 Å². The second-order valence-corrected chi connectivity index (χ2v) is 13.3.